The quantitative estimate of drug-likeness (QED) is 0.651. The first kappa shape index (κ1) is 18.5. The summed E-state index contributed by atoms with van der Waals surface area (Å²) in [5.41, 5.74) is 2.43. The zero-order valence-electron chi connectivity index (χ0n) is 15.5. The number of para-hydroxylation sites is 1. The molecule has 0 spiro atoms. The van der Waals surface area contributed by atoms with Gasteiger partial charge in [-0.05, 0) is 49.7 Å². The molecular weight excluding hydrogens is 342 g/mol. The second-order valence-electron chi connectivity index (χ2n) is 5.92. The van der Waals surface area contributed by atoms with Crippen molar-refractivity contribution < 1.29 is 14.3 Å². The fraction of sp³-hybridized carbons (Fsp3) is 0.238. The van der Waals surface area contributed by atoms with Gasteiger partial charge in [-0.1, -0.05) is 31.5 Å². The van der Waals surface area contributed by atoms with Gasteiger partial charge in [0.25, 0.3) is 0 Å². The number of rotatable bonds is 7. The van der Waals surface area contributed by atoms with Crippen LogP contribution in [0.4, 0.5) is 10.5 Å². The lowest BCUT2D eigenvalue weighted by Gasteiger charge is -2.10. The number of aromatic nitrogens is 2. The van der Waals surface area contributed by atoms with Crippen LogP contribution >= 0.6 is 0 Å². The van der Waals surface area contributed by atoms with Gasteiger partial charge in [-0.15, -0.1) is 0 Å². The van der Waals surface area contributed by atoms with Gasteiger partial charge in [-0.2, -0.15) is 5.10 Å². The number of carbonyl (C=O) groups excluding carboxylic acids is 1. The zero-order chi connectivity index (χ0) is 19.1. The number of nitrogens with one attached hydrogen (secondary N) is 1. The van der Waals surface area contributed by atoms with Crippen LogP contribution in [0.15, 0.2) is 60.8 Å². The molecule has 0 aliphatic heterocycles. The second kappa shape index (κ2) is 8.89. The number of benzene rings is 2. The van der Waals surface area contributed by atoms with Crippen LogP contribution < -0.4 is 14.8 Å². The molecule has 0 saturated carbocycles. The number of hydrogen-bond acceptors (Lipinski definition) is 4. The van der Waals surface area contributed by atoms with Crippen molar-refractivity contribution in [1.29, 1.82) is 0 Å². The Bertz CT molecular complexity index is 873. The van der Waals surface area contributed by atoms with E-state index in [-0.39, 0.29) is 0 Å². The van der Waals surface area contributed by atoms with Crippen LogP contribution in [0.25, 0.3) is 5.69 Å². The highest BCUT2D eigenvalue weighted by atomic mass is 16.6. The molecule has 2 aromatic carbocycles. The zero-order valence-corrected chi connectivity index (χ0v) is 15.5. The van der Waals surface area contributed by atoms with Crippen LogP contribution in [-0.2, 0) is 6.42 Å². The van der Waals surface area contributed by atoms with E-state index in [0.717, 1.165) is 30.0 Å². The smallest absolute Gasteiger partial charge is 0.417 e. The average Bonchev–Trinajstić information content (AvgIpc) is 3.07. The van der Waals surface area contributed by atoms with Crippen LogP contribution in [0, 0.1) is 0 Å². The average molecular weight is 365 g/mol. The summed E-state index contributed by atoms with van der Waals surface area (Å²) >= 11 is 0. The maximum Gasteiger partial charge on any atom is 0.417 e. The molecule has 3 rings (SSSR count). The minimum absolute atomic E-state index is 0.462. The predicted molar refractivity (Wildman–Crippen MR) is 105 cm³/mol. The van der Waals surface area contributed by atoms with E-state index >= 15 is 0 Å². The van der Waals surface area contributed by atoms with E-state index in [1.165, 1.54) is 0 Å². The highest BCUT2D eigenvalue weighted by Gasteiger charge is 2.16. The Balaban J connectivity index is 1.72. The number of carbonyl (C=O) groups is 1. The van der Waals surface area contributed by atoms with Gasteiger partial charge in [-0.3, -0.25) is 5.32 Å². The van der Waals surface area contributed by atoms with E-state index in [4.69, 9.17) is 9.47 Å². The van der Waals surface area contributed by atoms with Gasteiger partial charge in [0.1, 0.15) is 5.75 Å². The van der Waals surface area contributed by atoms with Gasteiger partial charge in [-0.25, -0.2) is 9.48 Å². The van der Waals surface area contributed by atoms with Crippen LogP contribution in [0.3, 0.4) is 0 Å². The molecule has 6 heteroatoms. The van der Waals surface area contributed by atoms with Crippen LogP contribution in [-0.4, -0.2) is 22.5 Å². The van der Waals surface area contributed by atoms with E-state index < -0.39 is 6.09 Å². The number of ether oxygens (including phenoxy) is 2. The van der Waals surface area contributed by atoms with Crippen molar-refractivity contribution >= 4 is 11.8 Å². The SMILES string of the molecule is CCCc1c(OC(=O)Nc2ccc(OCC)cc2)cnn1-c1ccccc1. The molecule has 0 fully saturated rings. The van der Waals surface area contributed by atoms with Gasteiger partial charge in [0, 0.05) is 5.69 Å². The Kier molecular flexibility index (Phi) is 6.10. The van der Waals surface area contributed by atoms with Crippen LogP contribution in [0.1, 0.15) is 26.0 Å². The molecule has 140 valence electrons. The van der Waals surface area contributed by atoms with Crippen LogP contribution in [0.2, 0.25) is 0 Å². The molecule has 0 aliphatic rings. The summed E-state index contributed by atoms with van der Waals surface area (Å²) in [6.07, 6.45) is 2.69. The molecule has 1 N–H and O–H groups in total. The molecular formula is C21H23N3O3. The molecule has 6 nitrogen and oxygen atoms in total. The molecule has 0 atom stereocenters. The Hall–Kier alpha value is -3.28. The number of anilines is 1. The van der Waals surface area contributed by atoms with Crippen molar-refractivity contribution in [2.75, 3.05) is 11.9 Å². The van der Waals surface area contributed by atoms with Crippen molar-refractivity contribution in [3.8, 4) is 17.2 Å². The molecule has 0 radical (unpaired) electrons. The third-order valence-electron chi connectivity index (χ3n) is 3.93. The minimum atomic E-state index is -0.552. The van der Waals surface area contributed by atoms with E-state index in [0.29, 0.717) is 18.0 Å². The first-order valence-corrected chi connectivity index (χ1v) is 9.05. The molecule has 1 aromatic heterocycles. The van der Waals surface area contributed by atoms with Crippen LogP contribution in [0.5, 0.6) is 11.5 Å². The lowest BCUT2D eigenvalue weighted by molar-refractivity contribution is 0.214. The van der Waals surface area contributed by atoms with Gasteiger partial charge < -0.3 is 9.47 Å². The Morgan fingerprint density at radius 1 is 1.07 bits per heavy atom. The number of nitrogens with zero attached hydrogens (tertiary/aromatic N) is 2. The summed E-state index contributed by atoms with van der Waals surface area (Å²) in [5, 5.41) is 7.12. The fourth-order valence-electron chi connectivity index (χ4n) is 2.75. The van der Waals surface area contributed by atoms with E-state index in [2.05, 4.69) is 17.3 Å². The largest absolute Gasteiger partial charge is 0.494 e. The Morgan fingerprint density at radius 3 is 2.48 bits per heavy atom. The van der Waals surface area contributed by atoms with E-state index in [1.807, 2.05) is 41.9 Å². The third kappa shape index (κ3) is 4.67. The second-order valence-corrected chi connectivity index (χ2v) is 5.92. The van der Waals surface area contributed by atoms with E-state index in [9.17, 15) is 4.79 Å². The van der Waals surface area contributed by atoms with Crippen molar-refractivity contribution in [3.63, 3.8) is 0 Å². The Labute approximate surface area is 158 Å². The van der Waals surface area contributed by atoms with Crippen molar-refractivity contribution in [2.45, 2.75) is 26.7 Å². The highest BCUT2D eigenvalue weighted by Crippen LogP contribution is 2.24. The first-order chi connectivity index (χ1) is 13.2. The normalized spacial score (nSPS) is 10.4. The van der Waals surface area contributed by atoms with Crippen molar-refractivity contribution in [3.05, 3.63) is 66.5 Å². The third-order valence-corrected chi connectivity index (χ3v) is 3.93. The summed E-state index contributed by atoms with van der Waals surface area (Å²) in [5.74, 6) is 1.22. The maximum absolute atomic E-state index is 12.3. The molecule has 0 aliphatic carbocycles. The molecule has 0 bridgehead atoms. The van der Waals surface area contributed by atoms with Gasteiger partial charge in [0.05, 0.1) is 24.2 Å². The minimum Gasteiger partial charge on any atom is -0.494 e. The summed E-state index contributed by atoms with van der Waals surface area (Å²) in [7, 11) is 0. The molecule has 3 aromatic rings. The van der Waals surface area contributed by atoms with Gasteiger partial charge in [0.15, 0.2) is 5.75 Å². The maximum atomic E-state index is 12.3. The molecule has 27 heavy (non-hydrogen) atoms. The molecule has 1 amide bonds. The number of hydrogen-bond donors (Lipinski definition) is 1. The monoisotopic (exact) mass is 365 g/mol. The van der Waals surface area contributed by atoms with Gasteiger partial charge in [0.2, 0.25) is 0 Å². The molecule has 0 unspecified atom stereocenters. The summed E-state index contributed by atoms with van der Waals surface area (Å²) in [6, 6.07) is 16.9. The standard InChI is InChI=1S/C21H23N3O3/c1-3-8-19-20(15-22-24(19)17-9-6-5-7-10-17)27-21(25)23-16-11-13-18(14-12-16)26-4-2/h5-7,9-15H,3-4,8H2,1-2H3,(H,23,25). The number of amides is 1. The topological polar surface area (TPSA) is 65.4 Å². The molecule has 0 saturated heterocycles. The Morgan fingerprint density at radius 2 is 1.81 bits per heavy atom. The predicted octanol–water partition coefficient (Wildman–Crippen LogP) is 4.83. The lowest BCUT2D eigenvalue weighted by atomic mass is 10.2. The summed E-state index contributed by atoms with van der Waals surface area (Å²) in [4.78, 5) is 12.3. The van der Waals surface area contributed by atoms with E-state index in [1.54, 1.807) is 30.5 Å². The molecule has 1 heterocycles. The van der Waals surface area contributed by atoms with Crippen molar-refractivity contribution in [1.82, 2.24) is 9.78 Å². The first-order valence-electron chi connectivity index (χ1n) is 9.05. The van der Waals surface area contributed by atoms with Crippen molar-refractivity contribution in [2.24, 2.45) is 0 Å². The highest BCUT2D eigenvalue weighted by molar-refractivity contribution is 5.86. The van der Waals surface area contributed by atoms with Gasteiger partial charge >= 0.3 is 6.09 Å². The lowest BCUT2D eigenvalue weighted by Crippen LogP contribution is -2.17. The summed E-state index contributed by atoms with van der Waals surface area (Å²) < 4.78 is 12.7. The summed E-state index contributed by atoms with van der Waals surface area (Å²) in [6.45, 7) is 4.60. The fourth-order valence-corrected chi connectivity index (χ4v) is 2.75.